The predicted octanol–water partition coefficient (Wildman–Crippen LogP) is 0.558. The number of nitrogens with one attached hydrogen (secondary N) is 1. The van der Waals surface area contributed by atoms with Crippen LogP contribution in [0, 0.1) is 0 Å². The Morgan fingerprint density at radius 2 is 2.06 bits per heavy atom. The Morgan fingerprint density at radius 3 is 2.72 bits per heavy atom. The van der Waals surface area contributed by atoms with Crippen LogP contribution in [0.1, 0.15) is 25.5 Å². The summed E-state index contributed by atoms with van der Waals surface area (Å²) < 4.78 is 0. The molecule has 0 aromatic heterocycles. The van der Waals surface area contributed by atoms with Gasteiger partial charge in [-0.1, -0.05) is 18.2 Å². The number of rotatable bonds is 2. The molecule has 1 aliphatic rings. The van der Waals surface area contributed by atoms with E-state index in [4.69, 9.17) is 5.73 Å². The summed E-state index contributed by atoms with van der Waals surface area (Å²) >= 11 is 0. The average molecular weight is 247 g/mol. The number of carbonyl (C=O) groups excluding carboxylic acids is 2. The number of nitrogens with two attached hydrogens (primary N) is 1. The number of anilines is 1. The van der Waals surface area contributed by atoms with Gasteiger partial charge < -0.3 is 10.6 Å². The molecule has 2 atom stereocenters. The van der Waals surface area contributed by atoms with Gasteiger partial charge >= 0.3 is 0 Å². The molecule has 1 heterocycles. The van der Waals surface area contributed by atoms with Crippen molar-refractivity contribution in [2.75, 3.05) is 11.4 Å². The number of hydrogen-bond donors (Lipinski definition) is 2. The van der Waals surface area contributed by atoms with Crippen molar-refractivity contribution in [3.63, 3.8) is 0 Å². The second-order valence-corrected chi connectivity index (χ2v) is 4.56. The maximum absolute atomic E-state index is 11.7. The van der Waals surface area contributed by atoms with Gasteiger partial charge in [0.05, 0.1) is 6.54 Å². The van der Waals surface area contributed by atoms with Gasteiger partial charge in [0.2, 0.25) is 11.8 Å². The van der Waals surface area contributed by atoms with Gasteiger partial charge in [0.25, 0.3) is 0 Å². The lowest BCUT2D eigenvalue weighted by molar-refractivity contribution is -0.132. The van der Waals surface area contributed by atoms with E-state index in [1.54, 1.807) is 11.8 Å². The zero-order chi connectivity index (χ0) is 13.3. The lowest BCUT2D eigenvalue weighted by Gasteiger charge is -2.35. The summed E-state index contributed by atoms with van der Waals surface area (Å²) in [4.78, 5) is 24.9. The molecule has 96 valence electrons. The Kier molecular flexibility index (Phi) is 3.34. The standard InChI is InChI=1S/C13H17N3O2/c1-8(14)10-5-3-4-6-11(10)16-7-12(17)15-13(18)9(16)2/h3-6,8-9H,7,14H2,1-2H3,(H,15,17,18)/t8-,9?/m1/s1. The first-order valence-electron chi connectivity index (χ1n) is 5.95. The molecule has 1 aromatic rings. The van der Waals surface area contributed by atoms with Crippen LogP contribution >= 0.6 is 0 Å². The number of benzene rings is 1. The van der Waals surface area contributed by atoms with E-state index in [1.807, 2.05) is 31.2 Å². The molecule has 2 rings (SSSR count). The number of para-hydroxylation sites is 1. The van der Waals surface area contributed by atoms with Crippen molar-refractivity contribution in [1.29, 1.82) is 0 Å². The van der Waals surface area contributed by atoms with Crippen LogP contribution < -0.4 is 16.0 Å². The topological polar surface area (TPSA) is 75.4 Å². The monoisotopic (exact) mass is 247 g/mol. The van der Waals surface area contributed by atoms with E-state index in [1.165, 1.54) is 0 Å². The van der Waals surface area contributed by atoms with Crippen LogP contribution in [-0.4, -0.2) is 24.4 Å². The van der Waals surface area contributed by atoms with Crippen LogP contribution in [0.25, 0.3) is 0 Å². The lowest BCUT2D eigenvalue weighted by Crippen LogP contribution is -2.57. The normalized spacial score (nSPS) is 21.7. The largest absolute Gasteiger partial charge is 0.350 e. The molecule has 1 saturated heterocycles. The third kappa shape index (κ3) is 2.22. The van der Waals surface area contributed by atoms with E-state index in [9.17, 15) is 9.59 Å². The van der Waals surface area contributed by atoms with Crippen molar-refractivity contribution >= 4 is 17.5 Å². The molecule has 1 unspecified atom stereocenters. The molecule has 3 N–H and O–H groups in total. The van der Waals surface area contributed by atoms with Gasteiger partial charge in [-0.15, -0.1) is 0 Å². The first-order chi connectivity index (χ1) is 8.50. The molecule has 5 heteroatoms. The van der Waals surface area contributed by atoms with Gasteiger partial charge in [0.1, 0.15) is 6.04 Å². The Balaban J connectivity index is 2.41. The minimum Gasteiger partial charge on any atom is -0.350 e. The highest BCUT2D eigenvalue weighted by atomic mass is 16.2. The Bertz CT molecular complexity index is 485. The summed E-state index contributed by atoms with van der Waals surface area (Å²) in [6.45, 7) is 3.84. The second-order valence-electron chi connectivity index (χ2n) is 4.56. The fraction of sp³-hybridized carbons (Fsp3) is 0.385. The number of hydrogen-bond acceptors (Lipinski definition) is 4. The van der Waals surface area contributed by atoms with E-state index in [0.717, 1.165) is 11.3 Å². The summed E-state index contributed by atoms with van der Waals surface area (Å²) in [5, 5.41) is 2.33. The van der Waals surface area contributed by atoms with Gasteiger partial charge in [-0.05, 0) is 25.5 Å². The van der Waals surface area contributed by atoms with Crippen molar-refractivity contribution in [1.82, 2.24) is 5.32 Å². The van der Waals surface area contributed by atoms with E-state index < -0.39 is 0 Å². The highest BCUT2D eigenvalue weighted by molar-refractivity contribution is 6.04. The Hall–Kier alpha value is -1.88. The van der Waals surface area contributed by atoms with Gasteiger partial charge in [-0.3, -0.25) is 14.9 Å². The molecule has 1 fully saturated rings. The fourth-order valence-corrected chi connectivity index (χ4v) is 2.14. The molecule has 0 bridgehead atoms. The molecular formula is C13H17N3O2. The second kappa shape index (κ2) is 4.78. The molecule has 2 amide bonds. The molecule has 18 heavy (non-hydrogen) atoms. The molecule has 1 aliphatic heterocycles. The first kappa shape index (κ1) is 12.6. The van der Waals surface area contributed by atoms with E-state index >= 15 is 0 Å². The quantitative estimate of drug-likeness (QED) is 0.749. The van der Waals surface area contributed by atoms with Gasteiger partial charge in [0.15, 0.2) is 0 Å². The van der Waals surface area contributed by atoms with Crippen molar-refractivity contribution in [2.45, 2.75) is 25.9 Å². The highest BCUT2D eigenvalue weighted by Gasteiger charge is 2.31. The molecule has 0 aliphatic carbocycles. The Morgan fingerprint density at radius 1 is 1.39 bits per heavy atom. The molecule has 5 nitrogen and oxygen atoms in total. The molecule has 1 aromatic carbocycles. The summed E-state index contributed by atoms with van der Waals surface area (Å²) in [7, 11) is 0. The molecule has 0 radical (unpaired) electrons. The minimum absolute atomic E-state index is 0.145. The van der Waals surface area contributed by atoms with Crippen LogP contribution in [0.15, 0.2) is 24.3 Å². The van der Waals surface area contributed by atoms with Crippen molar-refractivity contribution in [3.05, 3.63) is 29.8 Å². The SMILES string of the molecule is CC1C(=O)NC(=O)CN1c1ccccc1[C@@H](C)N. The maximum Gasteiger partial charge on any atom is 0.249 e. The summed E-state index contributed by atoms with van der Waals surface area (Å²) in [5.74, 6) is -0.552. The molecular weight excluding hydrogens is 230 g/mol. The van der Waals surface area contributed by atoms with Crippen molar-refractivity contribution in [3.8, 4) is 0 Å². The van der Waals surface area contributed by atoms with E-state index in [0.29, 0.717) is 0 Å². The van der Waals surface area contributed by atoms with Crippen LogP contribution in [0.4, 0.5) is 5.69 Å². The summed E-state index contributed by atoms with van der Waals surface area (Å²) in [5.41, 5.74) is 7.71. The summed E-state index contributed by atoms with van der Waals surface area (Å²) in [6.07, 6.45) is 0. The van der Waals surface area contributed by atoms with Crippen LogP contribution in [0.3, 0.4) is 0 Å². The number of carbonyl (C=O) groups is 2. The van der Waals surface area contributed by atoms with E-state index in [2.05, 4.69) is 5.32 Å². The zero-order valence-electron chi connectivity index (χ0n) is 10.5. The number of piperazine rings is 1. The number of amides is 2. The summed E-state index contributed by atoms with van der Waals surface area (Å²) in [6, 6.07) is 7.07. The molecule has 0 saturated carbocycles. The fourth-order valence-electron chi connectivity index (χ4n) is 2.14. The average Bonchev–Trinajstić information content (AvgIpc) is 2.33. The van der Waals surface area contributed by atoms with Gasteiger partial charge in [-0.25, -0.2) is 0 Å². The predicted molar refractivity (Wildman–Crippen MR) is 69.0 cm³/mol. The first-order valence-corrected chi connectivity index (χ1v) is 5.95. The Labute approximate surface area is 106 Å². The van der Waals surface area contributed by atoms with Crippen molar-refractivity contribution in [2.24, 2.45) is 5.73 Å². The lowest BCUT2D eigenvalue weighted by atomic mass is 10.0. The third-order valence-corrected chi connectivity index (χ3v) is 3.16. The maximum atomic E-state index is 11.7. The number of imide groups is 1. The van der Waals surface area contributed by atoms with Gasteiger partial charge in [0, 0.05) is 11.7 Å². The van der Waals surface area contributed by atoms with E-state index in [-0.39, 0.29) is 30.4 Å². The van der Waals surface area contributed by atoms with Crippen LogP contribution in [0.2, 0.25) is 0 Å². The van der Waals surface area contributed by atoms with Gasteiger partial charge in [-0.2, -0.15) is 0 Å². The zero-order valence-corrected chi connectivity index (χ0v) is 10.5. The smallest absolute Gasteiger partial charge is 0.249 e. The third-order valence-electron chi connectivity index (χ3n) is 3.16. The van der Waals surface area contributed by atoms with Crippen LogP contribution in [-0.2, 0) is 9.59 Å². The van der Waals surface area contributed by atoms with Crippen molar-refractivity contribution < 1.29 is 9.59 Å². The highest BCUT2D eigenvalue weighted by Crippen LogP contribution is 2.27. The van der Waals surface area contributed by atoms with Crippen LogP contribution in [0.5, 0.6) is 0 Å². The number of nitrogens with zero attached hydrogens (tertiary/aromatic N) is 1. The molecule has 0 spiro atoms. The minimum atomic E-state index is -0.373.